The average molecular weight is 529 g/mol. The van der Waals surface area contributed by atoms with E-state index >= 15 is 0 Å². The molecule has 0 atom stereocenters. The van der Waals surface area contributed by atoms with E-state index < -0.39 is 210 Å². The van der Waals surface area contributed by atoms with Crippen molar-refractivity contribution >= 4 is 64.6 Å². The molecule has 9 aromatic rings. The van der Waals surface area contributed by atoms with Gasteiger partial charge in [-0.1, -0.05) is 139 Å². The molecule has 0 amide bonds. The smallest absolute Gasteiger partial charge is 0.0616 e. The van der Waals surface area contributed by atoms with Crippen LogP contribution in [0, 0.1) is 0 Å². The summed E-state index contributed by atoms with van der Waals surface area (Å²) < 4.78 is 214. The Balaban J connectivity index is 1.55. The van der Waals surface area contributed by atoms with Gasteiger partial charge in [0.1, 0.15) is 0 Å². The van der Waals surface area contributed by atoms with Gasteiger partial charge in [-0.15, -0.1) is 0 Å². The first-order chi connectivity index (χ1) is 29.9. The third-order valence-electron chi connectivity index (χ3n) is 6.88. The molecule has 0 aliphatic rings. The first-order valence-corrected chi connectivity index (χ1v) is 12.0. The van der Waals surface area contributed by atoms with Gasteiger partial charge in [-0.05, 0) is 92.9 Å². The van der Waals surface area contributed by atoms with Gasteiger partial charge in [0.15, 0.2) is 0 Å². The lowest BCUT2D eigenvalue weighted by Gasteiger charge is -2.16. The van der Waals surface area contributed by atoms with Crippen LogP contribution in [0.15, 0.2) is 145 Å². The van der Waals surface area contributed by atoms with Gasteiger partial charge in [0, 0.05) is 0 Å². The number of hydrogen-bond donors (Lipinski definition) is 0. The van der Waals surface area contributed by atoms with E-state index in [9.17, 15) is 11.0 Å². The van der Waals surface area contributed by atoms with Crippen LogP contribution in [0.3, 0.4) is 0 Å². The Morgan fingerprint density at radius 1 is 0.325 bits per heavy atom. The molecule has 0 saturated carbocycles. The van der Waals surface area contributed by atoms with Gasteiger partial charge < -0.3 is 0 Å². The van der Waals surface area contributed by atoms with Gasteiger partial charge in [0.2, 0.25) is 0 Å². The fourth-order valence-corrected chi connectivity index (χ4v) is 5.12. The Morgan fingerprint density at radius 3 is 1.73 bits per heavy atom. The number of rotatable bonds is 2. The Morgan fingerprint density at radius 2 is 0.900 bits per heavy atom. The lowest BCUT2D eigenvalue weighted by atomic mass is 9.88. The molecule has 0 nitrogen and oxygen atoms in total. The predicted octanol–water partition coefficient (Wildman–Crippen LogP) is 11.4. The van der Waals surface area contributed by atoms with Crippen molar-refractivity contribution < 1.29 is 32.9 Å². The number of fused-ring (bicyclic) bond motifs is 4. The van der Waals surface area contributed by atoms with Crippen LogP contribution in [0.4, 0.5) is 0 Å². The summed E-state index contributed by atoms with van der Waals surface area (Å²) in [7, 11) is 0. The highest BCUT2D eigenvalue weighted by atomic mass is 14.2. The van der Waals surface area contributed by atoms with E-state index in [-0.39, 0.29) is 21.5 Å². The third-order valence-corrected chi connectivity index (χ3v) is 6.88. The molecule has 0 heterocycles. The van der Waals surface area contributed by atoms with E-state index in [2.05, 4.69) is 0 Å². The van der Waals surface area contributed by atoms with Crippen molar-refractivity contribution in [3.05, 3.63) is 145 Å². The third kappa shape index (κ3) is 3.02. The van der Waals surface area contributed by atoms with Gasteiger partial charge in [0.25, 0.3) is 0 Å². The molecule has 9 rings (SSSR count). The quantitative estimate of drug-likeness (QED) is 0.155. The molecule has 0 aliphatic heterocycles. The van der Waals surface area contributed by atoms with Crippen LogP contribution in [-0.4, -0.2) is 0 Å². The summed E-state index contributed by atoms with van der Waals surface area (Å²) in [5, 5.41) is -5.40. The van der Waals surface area contributed by atoms with Crippen molar-refractivity contribution in [2.45, 2.75) is 0 Å². The van der Waals surface area contributed by atoms with Crippen molar-refractivity contribution in [1.29, 1.82) is 0 Å². The predicted molar refractivity (Wildman–Crippen MR) is 174 cm³/mol. The zero-order valence-corrected chi connectivity index (χ0v) is 20.0. The Hall–Kier alpha value is -5.20. The van der Waals surface area contributed by atoms with Gasteiger partial charge in [-0.25, -0.2) is 0 Å². The molecule has 9 aromatic carbocycles. The molecule has 0 aliphatic carbocycles. The first-order valence-electron chi connectivity index (χ1n) is 24.0. The van der Waals surface area contributed by atoms with Gasteiger partial charge in [-0.2, -0.15) is 0 Å². The second-order valence-corrected chi connectivity index (χ2v) is 9.00. The van der Waals surface area contributed by atoms with Gasteiger partial charge >= 0.3 is 0 Å². The maximum absolute atomic E-state index is 9.51. The fourth-order valence-electron chi connectivity index (χ4n) is 5.12. The Bertz CT molecular complexity index is 3710. The van der Waals surface area contributed by atoms with Crippen LogP contribution in [0.1, 0.15) is 32.9 Å². The molecular weight excluding hydrogens is 480 g/mol. The summed E-state index contributed by atoms with van der Waals surface area (Å²) in [6.45, 7) is 0. The summed E-state index contributed by atoms with van der Waals surface area (Å²) >= 11 is 0. The average Bonchev–Trinajstić information content (AvgIpc) is 3.25. The molecule has 0 fully saturated rings. The van der Waals surface area contributed by atoms with Gasteiger partial charge in [-0.3, -0.25) is 0 Å². The van der Waals surface area contributed by atoms with Crippen molar-refractivity contribution in [1.82, 2.24) is 0 Å². The molecular formula is C40H24. The summed E-state index contributed by atoms with van der Waals surface area (Å²) in [6, 6.07) is -19.5. The monoisotopic (exact) mass is 528 g/mol. The topological polar surface area (TPSA) is 0 Å². The fraction of sp³-hybridized carbons (Fsp3) is 0. The molecule has 0 unspecified atom stereocenters. The van der Waals surface area contributed by atoms with E-state index in [0.29, 0.717) is 0 Å². The molecule has 0 bridgehead atoms. The molecule has 184 valence electrons. The molecule has 0 N–H and O–H groups in total. The minimum Gasteiger partial charge on any atom is -0.0616 e. The molecule has 0 aromatic heterocycles. The lowest BCUT2D eigenvalue weighted by Crippen LogP contribution is -1.89. The van der Waals surface area contributed by atoms with Crippen LogP contribution >= 0.6 is 0 Å². The van der Waals surface area contributed by atoms with E-state index in [1.165, 1.54) is 0 Å². The highest BCUT2D eigenvalue weighted by molar-refractivity contribution is 6.25. The SMILES string of the molecule is [2H]c1c([2H])c(-c2c([2H])c([2H])c3c([2H])c([2H])c4c([2H])c([2H])c([2H])c5c([2H])c([2H])c2c3c45)c([2H])c([2H])c1-c1c2c([2H])c([2H])c([2H])c([2H])c2c([2H])c2c1c([2H])c([2H])c1c([2H])c([2H])c([2H])c([2H])c12. The van der Waals surface area contributed by atoms with Crippen LogP contribution in [0.5, 0.6) is 0 Å². The summed E-state index contributed by atoms with van der Waals surface area (Å²) in [6.07, 6.45) is 0. The standard InChI is InChI=1S/C40H24/c1-3-10-32-25(6-1)18-22-36-37(32)24-31-7-2-4-11-34(31)39(36)29-14-12-26(13-15-29)33-21-19-30-17-16-27-8-5-9-28-20-23-35(33)40(30)38(27)28/h1-24H/i1D,2D,3D,4D,5D,6D,7D,8D,9D,10D,11D,12D,13D,14D,15D,16D,17D,18D,19D,20D,21D,22D,23D,24D. The van der Waals surface area contributed by atoms with Gasteiger partial charge in [0.05, 0.1) is 32.9 Å². The van der Waals surface area contributed by atoms with Crippen molar-refractivity contribution in [3.63, 3.8) is 0 Å². The van der Waals surface area contributed by atoms with Crippen LogP contribution in [0.2, 0.25) is 0 Å². The second kappa shape index (κ2) is 8.15. The van der Waals surface area contributed by atoms with E-state index in [4.69, 9.17) is 21.9 Å². The van der Waals surface area contributed by atoms with Crippen LogP contribution < -0.4 is 0 Å². The van der Waals surface area contributed by atoms with Crippen molar-refractivity contribution in [3.8, 4) is 22.3 Å². The summed E-state index contributed by atoms with van der Waals surface area (Å²) in [5.74, 6) is 0. The van der Waals surface area contributed by atoms with E-state index in [0.717, 1.165) is 0 Å². The minimum atomic E-state index is -1.01. The highest BCUT2D eigenvalue weighted by Gasteiger charge is 2.14. The van der Waals surface area contributed by atoms with Crippen LogP contribution in [0.25, 0.3) is 86.9 Å². The number of hydrogen-bond acceptors (Lipinski definition) is 0. The van der Waals surface area contributed by atoms with Crippen LogP contribution in [-0.2, 0) is 0 Å². The maximum Gasteiger partial charge on any atom is 0.0636 e. The molecule has 0 radical (unpaired) electrons. The molecule has 0 heteroatoms. The normalized spacial score (nSPS) is 20.4. The van der Waals surface area contributed by atoms with E-state index in [1.807, 2.05) is 0 Å². The minimum absolute atomic E-state index is 0.235. The molecule has 0 saturated heterocycles. The zero-order valence-electron chi connectivity index (χ0n) is 44.0. The Kier molecular flexibility index (Phi) is 1.82. The van der Waals surface area contributed by atoms with Crippen molar-refractivity contribution in [2.75, 3.05) is 0 Å². The zero-order chi connectivity index (χ0) is 47.1. The first kappa shape index (κ1) is 8.91. The highest BCUT2D eigenvalue weighted by Crippen LogP contribution is 2.42. The van der Waals surface area contributed by atoms with Crippen molar-refractivity contribution in [2.24, 2.45) is 0 Å². The lowest BCUT2D eigenvalue weighted by molar-refractivity contribution is 1.65. The maximum atomic E-state index is 9.51. The largest absolute Gasteiger partial charge is 0.0636 e. The molecule has 0 spiro atoms. The second-order valence-electron chi connectivity index (χ2n) is 9.00. The summed E-state index contributed by atoms with van der Waals surface area (Å²) in [5.41, 5.74) is -2.75. The number of benzene rings is 9. The molecule has 40 heavy (non-hydrogen) atoms. The Labute approximate surface area is 265 Å². The summed E-state index contributed by atoms with van der Waals surface area (Å²) in [4.78, 5) is 0. The van der Waals surface area contributed by atoms with E-state index in [1.54, 1.807) is 0 Å².